The second-order valence-electron chi connectivity index (χ2n) is 11.8. The molecule has 45 heavy (non-hydrogen) atoms. The molecule has 256 valence electrons. The molecule has 0 fully saturated rings. The molecule has 0 N–H and O–H groups in total. The second kappa shape index (κ2) is 20.5. The molecule has 1 aromatic carbocycles. The van der Waals surface area contributed by atoms with Crippen molar-refractivity contribution < 1.29 is 40.3 Å². The van der Waals surface area contributed by atoms with E-state index in [9.17, 15) is 9.59 Å². The number of para-hydroxylation sites is 1. The van der Waals surface area contributed by atoms with Gasteiger partial charge >= 0.3 is 23.2 Å². The summed E-state index contributed by atoms with van der Waals surface area (Å²) in [5, 5.41) is 0.654. The number of carbonyl (C=O) groups excluding carboxylic acids is 1. The maximum absolute atomic E-state index is 14.2. The first kappa shape index (κ1) is 39.4. The number of unbranched alkanes of at least 4 members (excludes halogenated alkanes) is 7. The highest BCUT2D eigenvalue weighted by molar-refractivity contribution is 6.60. The molecule has 12 heteroatoms. The molecule has 1 heterocycles. The van der Waals surface area contributed by atoms with Crippen molar-refractivity contribution in [3.63, 3.8) is 0 Å². The summed E-state index contributed by atoms with van der Waals surface area (Å²) in [6.45, 7) is 4.79. The maximum atomic E-state index is 14.2. The molecule has 0 amide bonds. The van der Waals surface area contributed by atoms with Gasteiger partial charge in [-0.05, 0) is 18.9 Å². The summed E-state index contributed by atoms with van der Waals surface area (Å²) in [6, 6.07) is 9.83. The van der Waals surface area contributed by atoms with E-state index < -0.39 is 23.2 Å². The zero-order chi connectivity index (χ0) is 33.2. The molecule has 0 unspecified atom stereocenters. The van der Waals surface area contributed by atoms with Gasteiger partial charge < -0.3 is 35.5 Å². The Morgan fingerprint density at radius 2 is 1.16 bits per heavy atom. The van der Waals surface area contributed by atoms with Crippen LogP contribution in [0.25, 0.3) is 11.0 Å². The van der Waals surface area contributed by atoms with Gasteiger partial charge in [-0.15, -0.1) is 0 Å². The topological polar surface area (TPSA) is 103 Å². The first-order valence-corrected chi connectivity index (χ1v) is 20.3. The van der Waals surface area contributed by atoms with Crippen molar-refractivity contribution in [2.24, 2.45) is 0 Å². The molecule has 0 saturated carbocycles. The van der Waals surface area contributed by atoms with Crippen LogP contribution >= 0.6 is 0 Å². The number of quaternary nitrogens is 1. The average Bonchev–Trinajstić information content (AvgIpc) is 3.06. The molecule has 0 aliphatic heterocycles. The number of nitrogens with zero attached hydrogens (tertiary/aromatic N) is 1. The van der Waals surface area contributed by atoms with Crippen LogP contribution in [0.2, 0.25) is 12.1 Å². The molecule has 2 aromatic rings. The van der Waals surface area contributed by atoms with Crippen LogP contribution in [-0.4, -0.2) is 96.7 Å². The van der Waals surface area contributed by atoms with Gasteiger partial charge in [-0.3, -0.25) is 4.79 Å². The highest BCUT2D eigenvalue weighted by Gasteiger charge is 2.41. The summed E-state index contributed by atoms with van der Waals surface area (Å²) in [6.07, 6.45) is 11.1. The van der Waals surface area contributed by atoms with Gasteiger partial charge in [-0.1, -0.05) is 63.6 Å². The summed E-state index contributed by atoms with van der Waals surface area (Å²) < 4.78 is 40.3. The van der Waals surface area contributed by atoms with E-state index in [1.165, 1.54) is 44.6 Å². The Kier molecular flexibility index (Phi) is 17.9. The molecule has 2 rings (SSSR count). The van der Waals surface area contributed by atoms with E-state index in [1.54, 1.807) is 54.8 Å². The molecule has 0 aliphatic carbocycles. The minimum Gasteiger partial charge on any atom is -0.423 e. The number of rotatable bonds is 26. The molecule has 0 spiro atoms. The van der Waals surface area contributed by atoms with Crippen LogP contribution in [0, 0.1) is 0 Å². The molecule has 0 atom stereocenters. The van der Waals surface area contributed by atoms with Gasteiger partial charge in [-0.2, -0.15) is 0 Å². The summed E-state index contributed by atoms with van der Waals surface area (Å²) in [7, 11) is 4.15. The zero-order valence-corrected chi connectivity index (χ0v) is 30.8. The molecule has 0 aliphatic rings. The van der Waals surface area contributed by atoms with Crippen LogP contribution in [0.3, 0.4) is 0 Å². The predicted octanol–water partition coefficient (Wildman–Crippen LogP) is 6.47. The summed E-state index contributed by atoms with van der Waals surface area (Å²) in [4.78, 5) is 26.7. The van der Waals surface area contributed by atoms with E-state index in [1.807, 2.05) is 12.1 Å². The summed E-state index contributed by atoms with van der Waals surface area (Å²) in [5.41, 5.74) is 0.302. The highest BCUT2D eigenvalue weighted by atomic mass is 28.4. The number of benzene rings is 1. The lowest BCUT2D eigenvalue weighted by Gasteiger charge is -2.40. The van der Waals surface area contributed by atoms with E-state index in [-0.39, 0.29) is 12.3 Å². The van der Waals surface area contributed by atoms with Crippen LogP contribution in [0.15, 0.2) is 39.5 Å². The highest BCUT2D eigenvalue weighted by Crippen LogP contribution is 2.25. The molecule has 0 radical (unpaired) electrons. The Labute approximate surface area is 272 Å². The average molecular weight is 669 g/mol. The third kappa shape index (κ3) is 12.1. The Bertz CT molecular complexity index is 1140. The van der Waals surface area contributed by atoms with Gasteiger partial charge in [0, 0.05) is 84.6 Å². The fourth-order valence-electron chi connectivity index (χ4n) is 6.26. The largest absolute Gasteiger partial charge is 0.500 e. The van der Waals surface area contributed by atoms with Gasteiger partial charge in [0.05, 0.1) is 19.6 Å². The Hall–Kier alpha value is -1.75. The number of hydrogen-bond acceptors (Lipinski definition) is 9. The van der Waals surface area contributed by atoms with Crippen molar-refractivity contribution in [3.8, 4) is 0 Å². The van der Waals surface area contributed by atoms with E-state index in [4.69, 9.17) is 31.0 Å². The summed E-state index contributed by atoms with van der Waals surface area (Å²) in [5.74, 6) is -0.0684. The third-order valence-electron chi connectivity index (χ3n) is 9.01. The number of carbonyl (C=O) groups is 1. The van der Waals surface area contributed by atoms with Crippen molar-refractivity contribution in [1.82, 2.24) is 0 Å². The third-order valence-corrected chi connectivity index (χ3v) is 14.7. The van der Waals surface area contributed by atoms with Crippen molar-refractivity contribution in [1.29, 1.82) is 0 Å². The van der Waals surface area contributed by atoms with E-state index in [0.29, 0.717) is 33.1 Å². The molecular formula is C33H58NO9Si2+. The zero-order valence-electron chi connectivity index (χ0n) is 28.8. The molecule has 1 aromatic heterocycles. The fourth-order valence-corrected chi connectivity index (χ4v) is 9.67. The lowest BCUT2D eigenvalue weighted by molar-refractivity contribution is -0.920. The van der Waals surface area contributed by atoms with Crippen LogP contribution in [-0.2, 0) is 26.6 Å². The number of Topliss-reactive ketones (excluding diaryl/α,β-unsaturated/α-hetero) is 1. The van der Waals surface area contributed by atoms with Gasteiger partial charge in [-0.25, -0.2) is 4.79 Å². The Balaban J connectivity index is 2.39. The monoisotopic (exact) mass is 668 g/mol. The van der Waals surface area contributed by atoms with Gasteiger partial charge in [0.2, 0.25) is 5.78 Å². The second-order valence-corrected chi connectivity index (χ2v) is 18.0. The SMILES string of the molecule is CCCCCCCCCC[N+](CCC[Si](OC)(OC)OC)(CCC[Si](OC)(OC)OC)CC(=O)c1cc(=O)oc2ccccc12. The minimum absolute atomic E-state index is 0.0684. The summed E-state index contributed by atoms with van der Waals surface area (Å²) >= 11 is 0. The number of ketones is 1. The van der Waals surface area contributed by atoms with Gasteiger partial charge in [0.25, 0.3) is 0 Å². The predicted molar refractivity (Wildman–Crippen MR) is 182 cm³/mol. The van der Waals surface area contributed by atoms with Crippen molar-refractivity contribution >= 4 is 34.4 Å². The number of hydrogen-bond donors (Lipinski definition) is 0. The quantitative estimate of drug-likeness (QED) is 0.0367. The van der Waals surface area contributed by atoms with Gasteiger partial charge in [0.15, 0.2) is 0 Å². The Morgan fingerprint density at radius 3 is 1.67 bits per heavy atom. The maximum Gasteiger partial charge on any atom is 0.500 e. The van der Waals surface area contributed by atoms with E-state index >= 15 is 0 Å². The lowest BCUT2D eigenvalue weighted by Crippen LogP contribution is -2.54. The number of fused-ring (bicyclic) bond motifs is 1. The van der Waals surface area contributed by atoms with Crippen molar-refractivity contribution in [2.75, 3.05) is 68.8 Å². The normalized spacial score (nSPS) is 12.7. The van der Waals surface area contributed by atoms with Crippen LogP contribution < -0.4 is 5.63 Å². The molecule has 0 saturated heterocycles. The standard InChI is InChI=1S/C33H58NO9Si2/c1-8-9-10-11-12-13-14-17-22-34(23-18-25-44(37-2,38-3)39-4,24-19-26-45(40-5,41-6)42-7)28-31(35)30-27-33(36)43-32-21-16-15-20-29(30)32/h15-16,20-21,27H,8-14,17-19,22-26,28H2,1-7H3/q+1. The molecule has 0 bridgehead atoms. The smallest absolute Gasteiger partial charge is 0.423 e. The Morgan fingerprint density at radius 1 is 0.689 bits per heavy atom. The van der Waals surface area contributed by atoms with Crippen molar-refractivity contribution in [2.45, 2.75) is 83.2 Å². The van der Waals surface area contributed by atoms with E-state index in [2.05, 4.69) is 6.92 Å². The first-order valence-electron chi connectivity index (χ1n) is 16.4. The lowest BCUT2D eigenvalue weighted by atomic mass is 10.0. The first-order chi connectivity index (χ1) is 21.7. The van der Waals surface area contributed by atoms with Crippen LogP contribution in [0.1, 0.15) is 81.5 Å². The van der Waals surface area contributed by atoms with Gasteiger partial charge in [0.1, 0.15) is 12.1 Å². The van der Waals surface area contributed by atoms with E-state index in [0.717, 1.165) is 45.3 Å². The van der Waals surface area contributed by atoms with Crippen molar-refractivity contribution in [3.05, 3.63) is 46.3 Å². The fraction of sp³-hybridized carbons (Fsp3) is 0.697. The molecule has 10 nitrogen and oxygen atoms in total. The van der Waals surface area contributed by atoms with Crippen LogP contribution in [0.5, 0.6) is 0 Å². The van der Waals surface area contributed by atoms with Crippen LogP contribution in [0.4, 0.5) is 0 Å². The molecular weight excluding hydrogens is 611 g/mol. The minimum atomic E-state index is -2.81.